The zero-order valence-electron chi connectivity index (χ0n) is 8.04. The lowest BCUT2D eigenvalue weighted by atomic mass is 10.2. The fraction of sp³-hybridized carbons (Fsp3) is 0.222. The third kappa shape index (κ3) is 4.35. The fourth-order valence-electron chi connectivity index (χ4n) is 1.06. The van der Waals surface area contributed by atoms with E-state index in [0.29, 0.717) is 5.56 Å². The number of ether oxygens (including phenoxy) is 1. The molecule has 0 spiro atoms. The van der Waals surface area contributed by atoms with E-state index in [9.17, 15) is 13.2 Å². The van der Waals surface area contributed by atoms with Crippen LogP contribution in [0.15, 0.2) is 24.3 Å². The van der Waals surface area contributed by atoms with E-state index in [4.69, 9.17) is 5.73 Å². The molecule has 7 heteroatoms. The molecule has 16 heavy (non-hydrogen) atoms. The van der Waals surface area contributed by atoms with E-state index in [-0.39, 0.29) is 17.4 Å². The Morgan fingerprint density at radius 1 is 1.38 bits per heavy atom. The number of nitrogens with one attached hydrogen (secondary N) is 1. The molecule has 3 nitrogen and oxygen atoms in total. The van der Waals surface area contributed by atoms with Gasteiger partial charge in [-0.15, -0.1) is 13.2 Å². The summed E-state index contributed by atoms with van der Waals surface area (Å²) < 4.78 is 39.9. The third-order valence-electron chi connectivity index (χ3n) is 1.65. The Morgan fingerprint density at radius 3 is 2.56 bits per heavy atom. The highest BCUT2D eigenvalue weighted by Crippen LogP contribution is 2.25. The Bertz CT molecular complexity index is 381. The predicted octanol–water partition coefficient (Wildman–Crippen LogP) is 1.92. The number of hydrogen-bond acceptors (Lipinski definition) is 2. The number of benzene rings is 1. The molecule has 0 amide bonds. The van der Waals surface area contributed by atoms with Gasteiger partial charge < -0.3 is 15.8 Å². The number of rotatable bonds is 3. The van der Waals surface area contributed by atoms with Crippen LogP contribution in [-0.4, -0.2) is 11.5 Å². The van der Waals surface area contributed by atoms with Gasteiger partial charge in [0.2, 0.25) is 0 Å². The highest BCUT2D eigenvalue weighted by Gasteiger charge is 2.31. The first-order valence-electron chi connectivity index (χ1n) is 4.25. The minimum atomic E-state index is -4.71. The molecule has 0 aliphatic heterocycles. The van der Waals surface area contributed by atoms with Crippen LogP contribution in [0.2, 0.25) is 0 Å². The molecule has 0 bridgehead atoms. The second-order valence-corrected chi connectivity index (χ2v) is 3.31. The standard InChI is InChI=1S/C9H9F3N2OS/c10-9(11,12)15-7-4-2-1-3-6(7)5-14-8(13)16/h1-4H,5H2,(H3,13,14,16). The van der Waals surface area contributed by atoms with Crippen LogP contribution in [-0.2, 0) is 6.54 Å². The molecule has 0 atom stereocenters. The van der Waals surface area contributed by atoms with Crippen LogP contribution in [0.1, 0.15) is 5.56 Å². The average Bonchev–Trinajstić information content (AvgIpc) is 2.14. The van der Waals surface area contributed by atoms with Gasteiger partial charge in [0.05, 0.1) is 0 Å². The SMILES string of the molecule is NC(=S)NCc1ccccc1OC(F)(F)F. The summed E-state index contributed by atoms with van der Waals surface area (Å²) in [6.07, 6.45) is -4.71. The number of nitrogens with two attached hydrogens (primary N) is 1. The third-order valence-corrected chi connectivity index (χ3v) is 1.80. The van der Waals surface area contributed by atoms with Crippen LogP contribution in [0.4, 0.5) is 13.2 Å². The smallest absolute Gasteiger partial charge is 0.405 e. The Labute approximate surface area is 95.4 Å². The Kier molecular flexibility index (Phi) is 3.94. The van der Waals surface area contributed by atoms with Crippen molar-refractivity contribution in [1.82, 2.24) is 5.32 Å². The molecule has 3 N–H and O–H groups in total. The first-order chi connectivity index (χ1) is 7.38. The molecule has 1 aromatic carbocycles. The van der Waals surface area contributed by atoms with E-state index >= 15 is 0 Å². The predicted molar refractivity (Wildman–Crippen MR) is 56.8 cm³/mol. The van der Waals surface area contributed by atoms with Crippen LogP contribution in [0.25, 0.3) is 0 Å². The van der Waals surface area contributed by atoms with Crippen LogP contribution < -0.4 is 15.8 Å². The highest BCUT2D eigenvalue weighted by molar-refractivity contribution is 7.80. The van der Waals surface area contributed by atoms with Crippen molar-refractivity contribution < 1.29 is 17.9 Å². The zero-order valence-corrected chi connectivity index (χ0v) is 8.86. The molecule has 1 aromatic rings. The van der Waals surface area contributed by atoms with Crippen LogP contribution >= 0.6 is 12.2 Å². The molecule has 0 fully saturated rings. The van der Waals surface area contributed by atoms with Crippen molar-refractivity contribution in [3.05, 3.63) is 29.8 Å². The minimum Gasteiger partial charge on any atom is -0.405 e. The van der Waals surface area contributed by atoms with Crippen LogP contribution in [0.3, 0.4) is 0 Å². The maximum Gasteiger partial charge on any atom is 0.573 e. The second kappa shape index (κ2) is 5.02. The Balaban J connectivity index is 2.79. The van der Waals surface area contributed by atoms with Gasteiger partial charge in [0.25, 0.3) is 0 Å². The molecule has 0 aliphatic rings. The van der Waals surface area contributed by atoms with Crippen molar-refractivity contribution in [1.29, 1.82) is 0 Å². The maximum atomic E-state index is 12.0. The Morgan fingerprint density at radius 2 is 2.00 bits per heavy atom. The summed E-state index contributed by atoms with van der Waals surface area (Å²) in [6.45, 7) is 0.0849. The fourth-order valence-corrected chi connectivity index (χ4v) is 1.13. The van der Waals surface area contributed by atoms with Gasteiger partial charge in [0, 0.05) is 12.1 Å². The first-order valence-corrected chi connectivity index (χ1v) is 4.66. The molecule has 0 saturated heterocycles. The van der Waals surface area contributed by atoms with E-state index in [1.165, 1.54) is 18.2 Å². The lowest BCUT2D eigenvalue weighted by Gasteiger charge is -2.13. The molecule has 0 aromatic heterocycles. The maximum absolute atomic E-state index is 12.0. The van der Waals surface area contributed by atoms with Gasteiger partial charge in [-0.1, -0.05) is 18.2 Å². The molecule has 0 unspecified atom stereocenters. The van der Waals surface area contributed by atoms with Crippen molar-refractivity contribution in [2.45, 2.75) is 12.9 Å². The lowest BCUT2D eigenvalue weighted by Crippen LogP contribution is -2.29. The van der Waals surface area contributed by atoms with Crippen molar-refractivity contribution >= 4 is 17.3 Å². The summed E-state index contributed by atoms with van der Waals surface area (Å²) in [6, 6.07) is 5.77. The van der Waals surface area contributed by atoms with E-state index in [1.807, 2.05) is 0 Å². The van der Waals surface area contributed by atoms with E-state index < -0.39 is 6.36 Å². The molecular weight excluding hydrogens is 241 g/mol. The quantitative estimate of drug-likeness (QED) is 0.805. The molecule has 0 radical (unpaired) electrons. The number of halogens is 3. The first kappa shape index (κ1) is 12.6. The Hall–Kier alpha value is -1.50. The molecule has 0 heterocycles. The number of alkyl halides is 3. The molecule has 0 aliphatic carbocycles. The van der Waals surface area contributed by atoms with E-state index in [2.05, 4.69) is 22.3 Å². The number of thiocarbonyl (C=S) groups is 1. The van der Waals surface area contributed by atoms with Gasteiger partial charge in [-0.2, -0.15) is 0 Å². The lowest BCUT2D eigenvalue weighted by molar-refractivity contribution is -0.274. The van der Waals surface area contributed by atoms with Gasteiger partial charge in [0.15, 0.2) is 5.11 Å². The van der Waals surface area contributed by atoms with Crippen molar-refractivity contribution in [2.24, 2.45) is 5.73 Å². The summed E-state index contributed by atoms with van der Waals surface area (Å²) in [7, 11) is 0. The topological polar surface area (TPSA) is 47.3 Å². The number of para-hydroxylation sites is 1. The van der Waals surface area contributed by atoms with Gasteiger partial charge in [-0.3, -0.25) is 0 Å². The molecule has 0 saturated carbocycles. The van der Waals surface area contributed by atoms with Crippen LogP contribution in [0, 0.1) is 0 Å². The van der Waals surface area contributed by atoms with Gasteiger partial charge in [0.1, 0.15) is 5.75 Å². The van der Waals surface area contributed by atoms with Crippen molar-refractivity contribution in [2.75, 3.05) is 0 Å². The normalized spacial score (nSPS) is 10.9. The number of hydrogen-bond donors (Lipinski definition) is 2. The largest absolute Gasteiger partial charge is 0.573 e. The van der Waals surface area contributed by atoms with E-state index in [0.717, 1.165) is 0 Å². The van der Waals surface area contributed by atoms with Gasteiger partial charge in [-0.05, 0) is 18.3 Å². The minimum absolute atomic E-state index is 0.0156. The monoisotopic (exact) mass is 250 g/mol. The summed E-state index contributed by atoms with van der Waals surface area (Å²) >= 11 is 4.55. The summed E-state index contributed by atoms with van der Waals surface area (Å²) in [4.78, 5) is 0. The van der Waals surface area contributed by atoms with Crippen molar-refractivity contribution in [3.63, 3.8) is 0 Å². The molecule has 1 rings (SSSR count). The summed E-state index contributed by atoms with van der Waals surface area (Å²) in [5.41, 5.74) is 5.50. The zero-order chi connectivity index (χ0) is 12.2. The molecule has 88 valence electrons. The average molecular weight is 250 g/mol. The van der Waals surface area contributed by atoms with Gasteiger partial charge >= 0.3 is 6.36 Å². The summed E-state index contributed by atoms with van der Waals surface area (Å²) in [5, 5.41) is 2.57. The highest BCUT2D eigenvalue weighted by atomic mass is 32.1. The van der Waals surface area contributed by atoms with Gasteiger partial charge in [-0.25, -0.2) is 0 Å². The summed E-state index contributed by atoms with van der Waals surface area (Å²) in [5.74, 6) is -0.265. The van der Waals surface area contributed by atoms with Crippen LogP contribution in [0.5, 0.6) is 5.75 Å². The second-order valence-electron chi connectivity index (χ2n) is 2.87. The van der Waals surface area contributed by atoms with E-state index in [1.54, 1.807) is 6.07 Å². The molecular formula is C9H9F3N2OS. The van der Waals surface area contributed by atoms with Crippen molar-refractivity contribution in [3.8, 4) is 5.75 Å².